The highest BCUT2D eigenvalue weighted by molar-refractivity contribution is 7.91. The van der Waals surface area contributed by atoms with Crippen LogP contribution < -0.4 is 20.7 Å². The summed E-state index contributed by atoms with van der Waals surface area (Å²) in [5.41, 5.74) is 0.551. The van der Waals surface area contributed by atoms with Crippen molar-refractivity contribution in [2.75, 3.05) is 23.4 Å². The Morgan fingerprint density at radius 1 is 1.00 bits per heavy atom. The van der Waals surface area contributed by atoms with Gasteiger partial charge in [0.15, 0.2) is 9.84 Å². The number of alkyl carbamates (subject to hydrolysis) is 1. The van der Waals surface area contributed by atoms with Gasteiger partial charge in [0.05, 0.1) is 11.5 Å². The first kappa shape index (κ1) is 29.9. The molecule has 3 rings (SSSR count). The zero-order valence-electron chi connectivity index (χ0n) is 21.4. The number of benzene rings is 1. The fourth-order valence-electron chi connectivity index (χ4n) is 4.74. The van der Waals surface area contributed by atoms with Crippen LogP contribution in [0.2, 0.25) is 0 Å². The van der Waals surface area contributed by atoms with E-state index in [1.54, 1.807) is 6.92 Å². The molecule has 2 fully saturated rings. The van der Waals surface area contributed by atoms with Crippen LogP contribution in [-0.2, 0) is 19.4 Å². The van der Waals surface area contributed by atoms with Crippen LogP contribution >= 0.6 is 0 Å². The van der Waals surface area contributed by atoms with Crippen molar-refractivity contribution >= 4 is 27.5 Å². The maximum Gasteiger partial charge on any atom is 0.573 e. The molecule has 38 heavy (non-hydrogen) atoms. The average molecular weight is 564 g/mol. The van der Waals surface area contributed by atoms with Crippen LogP contribution in [0.1, 0.15) is 58.3 Å². The van der Waals surface area contributed by atoms with Crippen LogP contribution in [0.25, 0.3) is 0 Å². The summed E-state index contributed by atoms with van der Waals surface area (Å²) in [7, 11) is -3.09. The van der Waals surface area contributed by atoms with E-state index < -0.39 is 34.4 Å². The largest absolute Gasteiger partial charge is 0.573 e. The molecule has 1 saturated carbocycles. The van der Waals surface area contributed by atoms with Crippen molar-refractivity contribution in [3.63, 3.8) is 0 Å². The SMILES string of the molecule is CC(CNc1ccc(OC(F)(F)F)cc1)NC(=O)C(CC1CCCCC1)NC(=O)OC1CCS(=O)(=O)CC1. The Bertz CT molecular complexity index is 1020. The van der Waals surface area contributed by atoms with Crippen LogP contribution in [0.3, 0.4) is 0 Å². The molecule has 2 atom stereocenters. The third kappa shape index (κ3) is 10.6. The van der Waals surface area contributed by atoms with Crippen molar-refractivity contribution in [3.8, 4) is 5.75 Å². The Balaban J connectivity index is 1.51. The lowest BCUT2D eigenvalue weighted by atomic mass is 9.84. The van der Waals surface area contributed by atoms with Crippen LogP contribution in [-0.4, -0.2) is 63.0 Å². The van der Waals surface area contributed by atoms with E-state index in [1.807, 2.05) is 0 Å². The van der Waals surface area contributed by atoms with Gasteiger partial charge < -0.3 is 25.4 Å². The molecule has 0 radical (unpaired) electrons. The number of carbonyl (C=O) groups excluding carboxylic acids is 2. The van der Waals surface area contributed by atoms with Gasteiger partial charge in [0.25, 0.3) is 0 Å². The second-order valence-electron chi connectivity index (χ2n) is 10.1. The number of alkyl halides is 3. The average Bonchev–Trinajstić information content (AvgIpc) is 2.84. The highest BCUT2D eigenvalue weighted by Gasteiger charge is 2.32. The fraction of sp³-hybridized carbons (Fsp3) is 0.680. The van der Waals surface area contributed by atoms with Gasteiger partial charge in [-0.15, -0.1) is 13.2 Å². The smallest absolute Gasteiger partial charge is 0.446 e. The number of halogens is 3. The molecule has 13 heteroatoms. The number of ether oxygens (including phenoxy) is 2. The van der Waals surface area contributed by atoms with Crippen molar-refractivity contribution < 1.29 is 40.7 Å². The molecule has 2 amide bonds. The van der Waals surface area contributed by atoms with Gasteiger partial charge in [-0.05, 0) is 56.4 Å². The molecule has 1 aliphatic heterocycles. The minimum atomic E-state index is -4.76. The fourth-order valence-corrected chi connectivity index (χ4v) is 6.19. The topological polar surface area (TPSA) is 123 Å². The van der Waals surface area contributed by atoms with Crippen molar-refractivity contribution in [2.45, 2.75) is 82.8 Å². The quantitative estimate of drug-likeness (QED) is 0.391. The summed E-state index contributed by atoms with van der Waals surface area (Å²) in [4.78, 5) is 25.7. The number of rotatable bonds is 10. The Labute approximate surface area is 221 Å². The maximum atomic E-state index is 13.1. The second-order valence-corrected chi connectivity index (χ2v) is 12.4. The molecule has 214 valence electrons. The molecule has 2 unspecified atom stereocenters. The van der Waals surface area contributed by atoms with Crippen molar-refractivity contribution in [3.05, 3.63) is 24.3 Å². The highest BCUT2D eigenvalue weighted by atomic mass is 32.2. The van der Waals surface area contributed by atoms with Crippen molar-refractivity contribution in [1.29, 1.82) is 0 Å². The molecule has 1 saturated heterocycles. The third-order valence-electron chi connectivity index (χ3n) is 6.77. The first-order chi connectivity index (χ1) is 17.9. The van der Waals surface area contributed by atoms with E-state index in [-0.39, 0.29) is 42.0 Å². The third-order valence-corrected chi connectivity index (χ3v) is 8.48. The molecule has 9 nitrogen and oxygen atoms in total. The lowest BCUT2D eigenvalue weighted by Gasteiger charge is -2.28. The minimum Gasteiger partial charge on any atom is -0.446 e. The first-order valence-corrected chi connectivity index (χ1v) is 14.8. The Hall–Kier alpha value is -2.70. The summed E-state index contributed by atoms with van der Waals surface area (Å²) in [6, 6.07) is 4.10. The van der Waals surface area contributed by atoms with Crippen LogP contribution in [0.5, 0.6) is 5.75 Å². The number of anilines is 1. The van der Waals surface area contributed by atoms with Crippen LogP contribution in [0, 0.1) is 5.92 Å². The van der Waals surface area contributed by atoms with Gasteiger partial charge in [0.1, 0.15) is 17.9 Å². The van der Waals surface area contributed by atoms with E-state index in [0.717, 1.165) is 32.1 Å². The Kier molecular flexibility index (Phi) is 10.5. The summed E-state index contributed by atoms with van der Waals surface area (Å²) in [6.45, 7) is 2.06. The summed E-state index contributed by atoms with van der Waals surface area (Å²) in [5, 5.41) is 8.61. The lowest BCUT2D eigenvalue weighted by molar-refractivity contribution is -0.274. The molecule has 0 bridgehead atoms. The molecule has 1 aromatic carbocycles. The Morgan fingerprint density at radius 2 is 1.63 bits per heavy atom. The monoisotopic (exact) mass is 563 g/mol. The van der Waals surface area contributed by atoms with Crippen molar-refractivity contribution in [1.82, 2.24) is 10.6 Å². The molecule has 1 aromatic rings. The van der Waals surface area contributed by atoms with Gasteiger partial charge in [-0.1, -0.05) is 32.1 Å². The number of sulfone groups is 1. The van der Waals surface area contributed by atoms with Crippen molar-refractivity contribution in [2.24, 2.45) is 5.92 Å². The van der Waals surface area contributed by atoms with Gasteiger partial charge >= 0.3 is 12.5 Å². The summed E-state index contributed by atoms with van der Waals surface area (Å²) < 4.78 is 69.5. The number of hydrogen-bond donors (Lipinski definition) is 3. The van der Waals surface area contributed by atoms with E-state index in [1.165, 1.54) is 24.3 Å². The molecular formula is C25H36F3N3O6S. The first-order valence-electron chi connectivity index (χ1n) is 13.0. The molecule has 1 aliphatic carbocycles. The molecule has 3 N–H and O–H groups in total. The molecule has 2 aliphatic rings. The van der Waals surface area contributed by atoms with E-state index >= 15 is 0 Å². The van der Waals surface area contributed by atoms with Gasteiger partial charge in [0.2, 0.25) is 5.91 Å². The van der Waals surface area contributed by atoms with Crippen LogP contribution in [0.4, 0.5) is 23.7 Å². The van der Waals surface area contributed by atoms with Gasteiger partial charge in [-0.3, -0.25) is 4.79 Å². The molecule has 1 heterocycles. The summed E-state index contributed by atoms with van der Waals surface area (Å²) in [5.74, 6) is -0.450. The van der Waals surface area contributed by atoms with E-state index in [0.29, 0.717) is 24.6 Å². The molecular weight excluding hydrogens is 527 g/mol. The predicted molar refractivity (Wildman–Crippen MR) is 135 cm³/mol. The predicted octanol–water partition coefficient (Wildman–Crippen LogP) is 4.14. The van der Waals surface area contributed by atoms with Gasteiger partial charge in [0, 0.05) is 18.3 Å². The zero-order chi connectivity index (χ0) is 27.8. The highest BCUT2D eigenvalue weighted by Crippen LogP contribution is 2.28. The lowest BCUT2D eigenvalue weighted by Crippen LogP contribution is -2.51. The zero-order valence-corrected chi connectivity index (χ0v) is 22.2. The van der Waals surface area contributed by atoms with Gasteiger partial charge in [-0.25, -0.2) is 13.2 Å². The molecule has 0 spiro atoms. The second kappa shape index (κ2) is 13.4. The minimum absolute atomic E-state index is 0.0282. The molecule has 0 aromatic heterocycles. The number of hydrogen-bond acceptors (Lipinski definition) is 7. The van der Waals surface area contributed by atoms with Crippen LogP contribution in [0.15, 0.2) is 24.3 Å². The maximum absolute atomic E-state index is 13.1. The van der Waals surface area contributed by atoms with E-state index in [9.17, 15) is 31.2 Å². The number of nitrogens with one attached hydrogen (secondary N) is 3. The van der Waals surface area contributed by atoms with E-state index in [2.05, 4.69) is 20.7 Å². The summed E-state index contributed by atoms with van der Waals surface area (Å²) >= 11 is 0. The number of amides is 2. The summed E-state index contributed by atoms with van der Waals surface area (Å²) in [6.07, 6.45) is 0.200. The standard InChI is InChI=1S/C25H36F3N3O6S/c1-17(16-29-19-7-9-21(10-8-19)37-25(26,27)28)30-23(32)22(15-18-5-3-2-4-6-18)31-24(33)36-20-11-13-38(34,35)14-12-20/h7-10,17-18,20,22,29H,2-6,11-16H2,1H3,(H,30,32)(H,31,33). The van der Waals surface area contributed by atoms with E-state index in [4.69, 9.17) is 4.74 Å². The Morgan fingerprint density at radius 3 is 2.24 bits per heavy atom. The number of carbonyl (C=O) groups is 2. The van der Waals surface area contributed by atoms with Gasteiger partial charge in [-0.2, -0.15) is 0 Å². The normalized spacial score (nSPS) is 20.1.